The number of benzene rings is 1. The molecule has 0 amide bonds. The summed E-state index contributed by atoms with van der Waals surface area (Å²) in [5, 5.41) is 0.981. The van der Waals surface area contributed by atoms with Crippen LogP contribution >= 0.6 is 15.9 Å². The van der Waals surface area contributed by atoms with Crippen LogP contribution in [-0.2, 0) is 26.2 Å². The fourth-order valence-corrected chi connectivity index (χ4v) is 3.55. The molecule has 2 heterocycles. The van der Waals surface area contributed by atoms with E-state index in [1.54, 1.807) is 30.5 Å². The lowest BCUT2D eigenvalue weighted by molar-refractivity contribution is -0.143. The number of carbonyl (C=O) groups is 1. The number of aromatic nitrogens is 2. The zero-order chi connectivity index (χ0) is 21.7. The van der Waals surface area contributed by atoms with Crippen LogP contribution in [0, 0.1) is 6.92 Å². The van der Waals surface area contributed by atoms with Gasteiger partial charge in [-0.05, 0) is 46.6 Å². The Balaban J connectivity index is 1.55. The number of aryl methyl sites for hydroxylation is 1. The number of rotatable bonds is 7. The lowest BCUT2D eigenvalue weighted by Crippen LogP contribution is -2.29. The topological polar surface area (TPSA) is 107 Å². The van der Waals surface area contributed by atoms with E-state index >= 15 is 0 Å². The van der Waals surface area contributed by atoms with Crippen molar-refractivity contribution in [1.29, 1.82) is 0 Å². The van der Waals surface area contributed by atoms with Crippen LogP contribution in [0.3, 0.4) is 0 Å². The van der Waals surface area contributed by atoms with E-state index in [0.29, 0.717) is 11.2 Å². The third kappa shape index (κ3) is 6.09. The fourth-order valence-electron chi connectivity index (χ4n) is 2.46. The summed E-state index contributed by atoms with van der Waals surface area (Å²) in [7, 11) is -3.81. The van der Waals surface area contributed by atoms with Gasteiger partial charge in [0.05, 0.1) is 5.69 Å². The minimum absolute atomic E-state index is 0.248. The predicted molar refractivity (Wildman–Crippen MR) is 116 cm³/mol. The largest absolute Gasteiger partial charge is 0.458 e. The fraction of sp³-hybridized carbons (Fsp3) is 0.150. The number of nitrogens with zero attached hydrogens (tertiary/aromatic N) is 2. The number of hydrogen-bond acceptors (Lipinski definition) is 6. The van der Waals surface area contributed by atoms with Crippen molar-refractivity contribution in [2.45, 2.75) is 13.5 Å². The molecule has 3 rings (SSSR count). The van der Waals surface area contributed by atoms with E-state index in [9.17, 15) is 18.0 Å². The number of pyridine rings is 1. The van der Waals surface area contributed by atoms with Gasteiger partial charge in [0.1, 0.15) is 18.8 Å². The first-order chi connectivity index (χ1) is 14.2. The van der Waals surface area contributed by atoms with E-state index in [1.807, 2.05) is 19.1 Å². The number of ether oxygens (including phenoxy) is 1. The van der Waals surface area contributed by atoms with Crippen molar-refractivity contribution in [2.75, 3.05) is 6.54 Å². The molecule has 1 aromatic carbocycles. The molecule has 1 N–H and O–H groups in total. The van der Waals surface area contributed by atoms with Crippen molar-refractivity contribution < 1.29 is 17.9 Å². The Morgan fingerprint density at radius 2 is 1.97 bits per heavy atom. The van der Waals surface area contributed by atoms with Crippen molar-refractivity contribution in [2.24, 2.45) is 0 Å². The summed E-state index contributed by atoms with van der Waals surface area (Å²) in [5.74, 6) is -0.792. The molecule has 0 bridgehead atoms. The Morgan fingerprint density at radius 3 is 2.70 bits per heavy atom. The zero-order valence-electron chi connectivity index (χ0n) is 15.9. The van der Waals surface area contributed by atoms with Gasteiger partial charge in [0.15, 0.2) is 0 Å². The van der Waals surface area contributed by atoms with Crippen molar-refractivity contribution in [1.82, 2.24) is 14.1 Å². The average Bonchev–Trinajstić information content (AvgIpc) is 2.71. The SMILES string of the molecule is Cc1ccc(C=CS(=O)(=O)NCC(=O)OCc2cc(=O)n3cc(Br)ccc3n2)cc1. The van der Waals surface area contributed by atoms with Gasteiger partial charge in [-0.1, -0.05) is 29.8 Å². The predicted octanol–water partition coefficient (Wildman–Crippen LogP) is 2.40. The highest BCUT2D eigenvalue weighted by molar-refractivity contribution is 9.10. The van der Waals surface area contributed by atoms with E-state index < -0.39 is 22.5 Å². The molecule has 0 aliphatic rings. The molecule has 0 fully saturated rings. The Hall–Kier alpha value is -2.82. The summed E-state index contributed by atoms with van der Waals surface area (Å²) in [6.07, 6.45) is 3.01. The molecule has 0 saturated carbocycles. The van der Waals surface area contributed by atoms with Crippen LogP contribution < -0.4 is 10.3 Å². The Morgan fingerprint density at radius 1 is 1.23 bits per heavy atom. The second kappa shape index (κ2) is 9.33. The van der Waals surface area contributed by atoms with E-state index in [2.05, 4.69) is 25.6 Å². The molecule has 0 radical (unpaired) electrons. The van der Waals surface area contributed by atoms with E-state index in [4.69, 9.17) is 4.74 Å². The number of carbonyl (C=O) groups excluding carboxylic acids is 1. The molecule has 30 heavy (non-hydrogen) atoms. The monoisotopic (exact) mass is 491 g/mol. The lowest BCUT2D eigenvalue weighted by atomic mass is 10.2. The summed E-state index contributed by atoms with van der Waals surface area (Å²) < 4.78 is 33.2. The maximum atomic E-state index is 12.1. The molecular formula is C20H18BrN3O5S. The smallest absolute Gasteiger partial charge is 0.321 e. The molecule has 0 unspecified atom stereocenters. The van der Waals surface area contributed by atoms with Crippen LogP contribution in [0.4, 0.5) is 0 Å². The van der Waals surface area contributed by atoms with Crippen LogP contribution in [0.5, 0.6) is 0 Å². The molecule has 8 nitrogen and oxygen atoms in total. The molecule has 0 atom stereocenters. The van der Waals surface area contributed by atoms with Crippen molar-refractivity contribution in [3.63, 3.8) is 0 Å². The van der Waals surface area contributed by atoms with Gasteiger partial charge < -0.3 is 4.74 Å². The summed E-state index contributed by atoms with van der Waals surface area (Å²) in [4.78, 5) is 28.2. The minimum Gasteiger partial charge on any atom is -0.458 e. The van der Waals surface area contributed by atoms with Gasteiger partial charge in [-0.2, -0.15) is 0 Å². The maximum Gasteiger partial charge on any atom is 0.321 e. The van der Waals surface area contributed by atoms with Gasteiger partial charge in [-0.25, -0.2) is 18.1 Å². The zero-order valence-corrected chi connectivity index (χ0v) is 18.3. The number of esters is 1. The van der Waals surface area contributed by atoms with Gasteiger partial charge in [0.25, 0.3) is 5.56 Å². The van der Waals surface area contributed by atoms with Crippen LogP contribution in [0.25, 0.3) is 11.7 Å². The first kappa shape index (κ1) is 21.9. The third-order valence-corrected chi connectivity index (χ3v) is 5.50. The highest BCUT2D eigenvalue weighted by Gasteiger charge is 2.11. The van der Waals surface area contributed by atoms with Gasteiger partial charge in [0, 0.05) is 22.1 Å². The van der Waals surface area contributed by atoms with E-state index in [1.165, 1.54) is 16.5 Å². The van der Waals surface area contributed by atoms with Crippen molar-refractivity contribution >= 4 is 43.6 Å². The Labute approximate surface area is 181 Å². The van der Waals surface area contributed by atoms with Crippen LogP contribution in [0.15, 0.2) is 63.3 Å². The average molecular weight is 492 g/mol. The quantitative estimate of drug-likeness (QED) is 0.508. The van der Waals surface area contributed by atoms with Crippen molar-refractivity contribution in [3.05, 3.63) is 85.7 Å². The van der Waals surface area contributed by atoms with Gasteiger partial charge in [-0.15, -0.1) is 0 Å². The molecule has 0 spiro atoms. The molecular weight excluding hydrogens is 474 g/mol. The number of hydrogen-bond donors (Lipinski definition) is 1. The molecule has 0 saturated heterocycles. The second-order valence-electron chi connectivity index (χ2n) is 6.40. The summed E-state index contributed by atoms with van der Waals surface area (Å²) in [6.45, 7) is 1.14. The molecule has 0 aliphatic heterocycles. The number of fused-ring (bicyclic) bond motifs is 1. The molecule has 10 heteroatoms. The lowest BCUT2D eigenvalue weighted by Gasteiger charge is -2.07. The molecule has 2 aromatic heterocycles. The molecule has 156 valence electrons. The Bertz CT molecular complexity index is 1270. The van der Waals surface area contributed by atoms with Crippen LogP contribution in [-0.4, -0.2) is 30.3 Å². The van der Waals surface area contributed by atoms with Crippen molar-refractivity contribution in [3.8, 4) is 0 Å². The first-order valence-corrected chi connectivity index (χ1v) is 11.1. The van der Waals surface area contributed by atoms with Gasteiger partial charge in [0.2, 0.25) is 10.0 Å². The van der Waals surface area contributed by atoms with Gasteiger partial charge in [-0.3, -0.25) is 14.0 Å². The van der Waals surface area contributed by atoms with E-state index in [-0.39, 0.29) is 17.9 Å². The first-order valence-electron chi connectivity index (χ1n) is 8.80. The summed E-state index contributed by atoms with van der Waals surface area (Å²) >= 11 is 3.28. The Kier molecular flexibility index (Phi) is 6.80. The summed E-state index contributed by atoms with van der Waals surface area (Å²) in [5.41, 5.74) is 2.12. The highest BCUT2D eigenvalue weighted by atomic mass is 79.9. The second-order valence-corrected chi connectivity index (χ2v) is 8.97. The standard InChI is InChI=1S/C20H18BrN3O5S/c1-14-2-4-15(5-3-14)8-9-30(27,28)22-11-20(26)29-13-17-10-19(25)24-12-16(21)6-7-18(24)23-17/h2-10,12,22H,11,13H2,1H3. The minimum atomic E-state index is -3.81. The van der Waals surface area contributed by atoms with Crippen LogP contribution in [0.2, 0.25) is 0 Å². The number of nitrogens with one attached hydrogen (secondary N) is 1. The van der Waals surface area contributed by atoms with Crippen LogP contribution in [0.1, 0.15) is 16.8 Å². The highest BCUT2D eigenvalue weighted by Crippen LogP contribution is 2.10. The molecule has 3 aromatic rings. The number of halogens is 1. The normalized spacial score (nSPS) is 11.8. The van der Waals surface area contributed by atoms with E-state index in [0.717, 1.165) is 15.4 Å². The number of sulfonamides is 1. The third-order valence-electron chi connectivity index (χ3n) is 3.99. The summed E-state index contributed by atoms with van der Waals surface area (Å²) in [6, 6.07) is 11.9. The molecule has 0 aliphatic carbocycles. The maximum absolute atomic E-state index is 12.1. The van der Waals surface area contributed by atoms with Gasteiger partial charge >= 0.3 is 5.97 Å².